The second-order valence-corrected chi connectivity index (χ2v) is 10.4. The molecule has 3 heterocycles. The van der Waals surface area contributed by atoms with Crippen LogP contribution in [0.3, 0.4) is 0 Å². The minimum Gasteiger partial charge on any atom is -0.495 e. The largest absolute Gasteiger partial charge is 0.495 e. The number of methoxy groups -OCH3 is 1. The van der Waals surface area contributed by atoms with Gasteiger partial charge in [0.05, 0.1) is 36.3 Å². The lowest BCUT2D eigenvalue weighted by molar-refractivity contribution is -0.114. The van der Waals surface area contributed by atoms with Gasteiger partial charge in [0, 0.05) is 34.7 Å². The standard InChI is InChI=1S/C29H28BrN5O2S/c1-17-15-21(18(2)34(17)25-11-6-5-9-22(25)30)28-27(23-10-7-8-14-31-23)33-29(38)35(28)20-12-13-26(37-4)24(16-20)32-19(3)36/h5-16,27-28H,1-4H3,(H,32,36)(H,33,38)/t27-,28-/m1/s1. The molecule has 0 aliphatic carbocycles. The zero-order chi connectivity index (χ0) is 27.0. The van der Waals surface area contributed by atoms with Crippen LogP contribution in [0.15, 0.2) is 77.4 Å². The first-order valence-corrected chi connectivity index (χ1v) is 13.4. The van der Waals surface area contributed by atoms with Crippen LogP contribution < -0.4 is 20.3 Å². The second-order valence-electron chi connectivity index (χ2n) is 9.18. The Balaban J connectivity index is 1.69. The van der Waals surface area contributed by atoms with Crippen LogP contribution in [-0.4, -0.2) is 27.7 Å². The minimum atomic E-state index is -0.196. The summed E-state index contributed by atoms with van der Waals surface area (Å²) in [5.74, 6) is 0.398. The average molecular weight is 591 g/mol. The van der Waals surface area contributed by atoms with Crippen molar-refractivity contribution in [2.75, 3.05) is 17.3 Å². The first-order chi connectivity index (χ1) is 18.3. The zero-order valence-electron chi connectivity index (χ0n) is 21.5. The molecule has 38 heavy (non-hydrogen) atoms. The number of para-hydroxylation sites is 1. The summed E-state index contributed by atoms with van der Waals surface area (Å²) < 4.78 is 8.76. The molecule has 2 aromatic heterocycles. The molecule has 2 N–H and O–H groups in total. The molecule has 1 saturated heterocycles. The van der Waals surface area contributed by atoms with Gasteiger partial charge in [0.1, 0.15) is 5.75 Å². The number of hydrogen-bond donors (Lipinski definition) is 2. The zero-order valence-corrected chi connectivity index (χ0v) is 23.9. The van der Waals surface area contributed by atoms with Crippen LogP contribution in [0.25, 0.3) is 5.69 Å². The predicted octanol–water partition coefficient (Wildman–Crippen LogP) is 6.40. The van der Waals surface area contributed by atoms with Crippen molar-refractivity contribution in [2.24, 2.45) is 0 Å². The molecule has 4 aromatic rings. The number of halogens is 1. The number of amides is 1. The van der Waals surface area contributed by atoms with Crippen LogP contribution >= 0.6 is 28.1 Å². The number of aryl methyl sites for hydroxylation is 1. The number of ether oxygens (including phenoxy) is 1. The Morgan fingerprint density at radius 3 is 2.55 bits per heavy atom. The molecule has 194 valence electrons. The van der Waals surface area contributed by atoms with Gasteiger partial charge >= 0.3 is 0 Å². The van der Waals surface area contributed by atoms with E-state index in [2.05, 4.69) is 67.0 Å². The van der Waals surface area contributed by atoms with E-state index in [-0.39, 0.29) is 18.0 Å². The third-order valence-electron chi connectivity index (χ3n) is 6.75. The lowest BCUT2D eigenvalue weighted by Gasteiger charge is -2.29. The molecule has 9 heteroatoms. The Labute approximate surface area is 236 Å². The number of benzene rings is 2. The van der Waals surface area contributed by atoms with Gasteiger partial charge in [0.25, 0.3) is 0 Å². The van der Waals surface area contributed by atoms with Crippen LogP contribution in [0.1, 0.15) is 41.7 Å². The number of aromatic nitrogens is 2. The molecule has 7 nitrogen and oxygen atoms in total. The molecule has 2 aromatic carbocycles. The normalized spacial score (nSPS) is 16.9. The molecule has 0 spiro atoms. The average Bonchev–Trinajstić information content (AvgIpc) is 3.39. The molecular weight excluding hydrogens is 562 g/mol. The predicted molar refractivity (Wildman–Crippen MR) is 158 cm³/mol. The van der Waals surface area contributed by atoms with Gasteiger partial charge in [-0.05, 0) is 96.1 Å². The molecule has 0 saturated carbocycles. The van der Waals surface area contributed by atoms with Gasteiger partial charge in [-0.2, -0.15) is 0 Å². The van der Waals surface area contributed by atoms with Crippen molar-refractivity contribution in [3.05, 3.63) is 100 Å². The van der Waals surface area contributed by atoms with E-state index in [4.69, 9.17) is 17.0 Å². The SMILES string of the molecule is COc1ccc(N2C(=S)N[C@H](c3ccccn3)[C@H]2c2cc(C)n(-c3ccccc3Br)c2C)cc1NC(C)=O. The third-order valence-corrected chi connectivity index (χ3v) is 7.74. The third kappa shape index (κ3) is 4.68. The number of thiocarbonyl (C=S) groups is 1. The maximum absolute atomic E-state index is 11.9. The number of pyridine rings is 1. The van der Waals surface area contributed by atoms with Crippen molar-refractivity contribution in [2.45, 2.75) is 32.9 Å². The maximum atomic E-state index is 11.9. The first kappa shape index (κ1) is 25.9. The second kappa shape index (κ2) is 10.6. The van der Waals surface area contributed by atoms with Crippen LogP contribution in [0.5, 0.6) is 5.75 Å². The summed E-state index contributed by atoms with van der Waals surface area (Å²) in [4.78, 5) is 18.7. The van der Waals surface area contributed by atoms with Gasteiger partial charge in [0.2, 0.25) is 5.91 Å². The number of carbonyl (C=O) groups is 1. The summed E-state index contributed by atoms with van der Waals surface area (Å²) in [5.41, 5.74) is 6.71. The van der Waals surface area contributed by atoms with Crippen molar-refractivity contribution in [3.63, 3.8) is 0 Å². The van der Waals surface area contributed by atoms with Gasteiger partial charge in [-0.15, -0.1) is 0 Å². The molecule has 0 radical (unpaired) electrons. The minimum absolute atomic E-state index is 0.178. The summed E-state index contributed by atoms with van der Waals surface area (Å²) >= 11 is 9.64. The molecule has 1 amide bonds. The fraction of sp³-hybridized carbons (Fsp3) is 0.207. The highest BCUT2D eigenvalue weighted by atomic mass is 79.9. The van der Waals surface area contributed by atoms with E-state index in [0.717, 1.165) is 38.5 Å². The maximum Gasteiger partial charge on any atom is 0.221 e. The Hall–Kier alpha value is -3.69. The van der Waals surface area contributed by atoms with Gasteiger partial charge in [0.15, 0.2) is 5.11 Å². The number of nitrogens with zero attached hydrogens (tertiary/aromatic N) is 3. The Morgan fingerprint density at radius 1 is 1.11 bits per heavy atom. The number of carbonyl (C=O) groups excluding carboxylic acids is 1. The van der Waals surface area contributed by atoms with E-state index in [1.165, 1.54) is 6.92 Å². The summed E-state index contributed by atoms with van der Waals surface area (Å²) in [6.07, 6.45) is 1.80. The van der Waals surface area contributed by atoms with Gasteiger partial charge in [-0.1, -0.05) is 18.2 Å². The monoisotopic (exact) mass is 589 g/mol. The van der Waals surface area contributed by atoms with Crippen molar-refractivity contribution in [1.29, 1.82) is 0 Å². The molecule has 0 unspecified atom stereocenters. The molecule has 1 aliphatic heterocycles. The molecule has 1 aliphatic rings. The van der Waals surface area contributed by atoms with Crippen LogP contribution in [0, 0.1) is 13.8 Å². The molecule has 2 atom stereocenters. The summed E-state index contributed by atoms with van der Waals surface area (Å²) in [5, 5.41) is 6.98. The van der Waals surface area contributed by atoms with Gasteiger partial charge in [-0.3, -0.25) is 9.78 Å². The lowest BCUT2D eigenvalue weighted by atomic mass is 9.96. The number of hydrogen-bond acceptors (Lipinski definition) is 4. The van der Waals surface area contributed by atoms with Crippen molar-refractivity contribution >= 4 is 50.5 Å². The van der Waals surface area contributed by atoms with Crippen molar-refractivity contribution in [3.8, 4) is 11.4 Å². The van der Waals surface area contributed by atoms with E-state index in [9.17, 15) is 4.79 Å². The Morgan fingerprint density at radius 2 is 1.87 bits per heavy atom. The molecule has 5 rings (SSSR count). The van der Waals surface area contributed by atoms with Crippen molar-refractivity contribution < 1.29 is 9.53 Å². The lowest BCUT2D eigenvalue weighted by Crippen LogP contribution is -2.29. The van der Waals surface area contributed by atoms with Gasteiger partial charge < -0.3 is 24.8 Å². The fourth-order valence-corrected chi connectivity index (χ4v) is 5.98. The molecule has 0 bridgehead atoms. The number of rotatable bonds is 6. The van der Waals surface area contributed by atoms with Gasteiger partial charge in [-0.25, -0.2) is 0 Å². The summed E-state index contributed by atoms with van der Waals surface area (Å²) in [7, 11) is 1.58. The van der Waals surface area contributed by atoms with Crippen LogP contribution in [0.4, 0.5) is 11.4 Å². The topological polar surface area (TPSA) is 71.4 Å². The highest BCUT2D eigenvalue weighted by Crippen LogP contribution is 2.45. The van der Waals surface area contributed by atoms with E-state index >= 15 is 0 Å². The quantitative estimate of drug-likeness (QED) is 0.254. The first-order valence-electron chi connectivity index (χ1n) is 12.2. The van der Waals surface area contributed by atoms with Crippen LogP contribution in [0.2, 0.25) is 0 Å². The smallest absolute Gasteiger partial charge is 0.221 e. The highest BCUT2D eigenvalue weighted by Gasteiger charge is 2.42. The Bertz CT molecular complexity index is 1520. The molecule has 1 fully saturated rings. The molecular formula is C29H28BrN5O2S. The number of anilines is 2. The van der Waals surface area contributed by atoms with E-state index < -0.39 is 0 Å². The Kier molecular flexibility index (Phi) is 7.23. The summed E-state index contributed by atoms with van der Waals surface area (Å²) in [6.45, 7) is 5.72. The van der Waals surface area contributed by atoms with Crippen molar-refractivity contribution in [1.82, 2.24) is 14.9 Å². The van der Waals surface area contributed by atoms with Crippen LogP contribution in [-0.2, 0) is 4.79 Å². The summed E-state index contributed by atoms with van der Waals surface area (Å²) in [6, 6.07) is 21.6. The van der Waals surface area contributed by atoms with E-state index in [0.29, 0.717) is 16.5 Å². The fourth-order valence-electron chi connectivity index (χ4n) is 5.17. The highest BCUT2D eigenvalue weighted by molar-refractivity contribution is 9.10. The number of nitrogens with one attached hydrogen (secondary N) is 2. The van der Waals surface area contributed by atoms with E-state index in [1.807, 2.05) is 54.6 Å². The van der Waals surface area contributed by atoms with E-state index in [1.54, 1.807) is 13.3 Å².